The normalized spacial score (nSPS) is 14.2. The molecule has 57 heavy (non-hydrogen) atoms. The summed E-state index contributed by atoms with van der Waals surface area (Å²) in [4.78, 5) is 36.9. The highest BCUT2D eigenvalue weighted by molar-refractivity contribution is 5.72. The van der Waals surface area contributed by atoms with Crippen molar-refractivity contribution < 1.29 is 38.2 Å². The fraction of sp³-hybridized carbons (Fsp3) is 0.531. The number of quaternary nitrogens is 1. The lowest BCUT2D eigenvalue weighted by Crippen LogP contribution is -2.50. The zero-order chi connectivity index (χ0) is 42.1. The van der Waals surface area contributed by atoms with Crippen LogP contribution in [-0.4, -0.2) is 80.6 Å². The number of unbranched alkanes of at least 4 members (excludes halogenated alkanes) is 5. The average molecular weight is 791 g/mol. The van der Waals surface area contributed by atoms with E-state index in [2.05, 4.69) is 80.7 Å². The van der Waals surface area contributed by atoms with Gasteiger partial charge in [0.05, 0.1) is 34.4 Å². The van der Waals surface area contributed by atoms with E-state index in [0.29, 0.717) is 19.3 Å². The first kappa shape index (κ1) is 52.7. The van der Waals surface area contributed by atoms with Crippen LogP contribution in [0, 0.1) is 0 Å². The molecule has 0 rings (SSSR count). The summed E-state index contributed by atoms with van der Waals surface area (Å²) in [7, 11) is 5.47. The minimum Gasteiger partial charge on any atom is -0.477 e. The summed E-state index contributed by atoms with van der Waals surface area (Å²) in [5.41, 5.74) is 0. The lowest BCUT2D eigenvalue weighted by atomic mass is 10.1. The lowest BCUT2D eigenvalue weighted by Gasteiger charge is -2.31. The number of carboxylic acid groups (broad SMARTS) is 1. The first-order valence-electron chi connectivity index (χ1n) is 21.1. The molecule has 0 bridgehead atoms. The van der Waals surface area contributed by atoms with Crippen LogP contribution in [0.4, 0.5) is 0 Å². The summed E-state index contributed by atoms with van der Waals surface area (Å²) in [5, 5.41) is 9.61. The van der Waals surface area contributed by atoms with E-state index in [1.807, 2.05) is 75.8 Å². The molecule has 0 aromatic heterocycles. The predicted octanol–water partition coefficient (Wildman–Crippen LogP) is 11.5. The Morgan fingerprint density at radius 2 is 1.04 bits per heavy atom. The van der Waals surface area contributed by atoms with Gasteiger partial charge in [0.2, 0.25) is 0 Å². The number of rotatable bonds is 35. The molecule has 8 heteroatoms. The number of aliphatic carboxylic acids is 1. The van der Waals surface area contributed by atoms with Gasteiger partial charge in [-0.3, -0.25) is 9.59 Å². The van der Waals surface area contributed by atoms with Crippen molar-refractivity contribution in [2.45, 2.75) is 129 Å². The first-order chi connectivity index (χ1) is 27.6. The van der Waals surface area contributed by atoms with Crippen LogP contribution in [0.1, 0.15) is 117 Å². The van der Waals surface area contributed by atoms with E-state index in [-0.39, 0.29) is 49.1 Å². The minimum absolute atomic E-state index is 0.0184. The summed E-state index contributed by atoms with van der Waals surface area (Å²) in [6.07, 6.45) is 54.0. The Balaban J connectivity index is 4.54. The highest BCUT2D eigenvalue weighted by Crippen LogP contribution is 2.11. The smallest absolute Gasteiger partial charge is 0.362 e. The number of carbonyl (C=O) groups is 3. The highest BCUT2D eigenvalue weighted by Gasteiger charge is 2.31. The van der Waals surface area contributed by atoms with Gasteiger partial charge < -0.3 is 23.8 Å². The molecular formula is C49H76NO7+. The number of hydrogen-bond donors (Lipinski definition) is 1. The van der Waals surface area contributed by atoms with E-state index >= 15 is 0 Å². The van der Waals surface area contributed by atoms with Crippen molar-refractivity contribution in [1.29, 1.82) is 0 Å². The van der Waals surface area contributed by atoms with Crippen molar-refractivity contribution >= 4 is 17.9 Å². The molecule has 0 radical (unpaired) electrons. The Bertz CT molecular complexity index is 1340. The van der Waals surface area contributed by atoms with Gasteiger partial charge in [0.1, 0.15) is 6.61 Å². The summed E-state index contributed by atoms with van der Waals surface area (Å²) in [5.74, 6) is -1.62. The maximum atomic E-state index is 12.7. The van der Waals surface area contributed by atoms with Gasteiger partial charge in [-0.05, 0) is 70.6 Å². The fourth-order valence-corrected chi connectivity index (χ4v) is 5.26. The number of allylic oxidation sites excluding steroid dienone is 20. The second kappa shape index (κ2) is 38.6. The van der Waals surface area contributed by atoms with Crippen molar-refractivity contribution in [2.75, 3.05) is 41.0 Å². The summed E-state index contributed by atoms with van der Waals surface area (Å²) < 4.78 is 17.1. The fourth-order valence-electron chi connectivity index (χ4n) is 5.26. The van der Waals surface area contributed by atoms with E-state index < -0.39 is 18.1 Å². The molecule has 2 unspecified atom stereocenters. The van der Waals surface area contributed by atoms with E-state index in [1.165, 1.54) is 0 Å². The van der Waals surface area contributed by atoms with Crippen LogP contribution in [0.5, 0.6) is 0 Å². The Labute approximate surface area is 346 Å². The molecule has 0 aromatic carbocycles. The van der Waals surface area contributed by atoms with Crippen LogP contribution in [-0.2, 0) is 28.6 Å². The van der Waals surface area contributed by atoms with Gasteiger partial charge in [0, 0.05) is 19.3 Å². The third-order valence-electron chi connectivity index (χ3n) is 8.48. The number of nitrogens with zero attached hydrogens (tertiary/aromatic N) is 1. The molecule has 2 atom stereocenters. The second-order valence-corrected chi connectivity index (χ2v) is 14.6. The second-order valence-electron chi connectivity index (χ2n) is 14.6. The van der Waals surface area contributed by atoms with E-state index in [1.54, 1.807) is 0 Å². The van der Waals surface area contributed by atoms with Crippen molar-refractivity contribution in [3.05, 3.63) is 122 Å². The quantitative estimate of drug-likeness (QED) is 0.0224. The monoisotopic (exact) mass is 791 g/mol. The molecule has 0 aliphatic rings. The van der Waals surface area contributed by atoms with Crippen molar-refractivity contribution in [2.24, 2.45) is 0 Å². The summed E-state index contributed by atoms with van der Waals surface area (Å²) in [6, 6.07) is -0.638. The molecule has 0 heterocycles. The van der Waals surface area contributed by atoms with Gasteiger partial charge in [-0.2, -0.15) is 0 Å². The van der Waals surface area contributed by atoms with Gasteiger partial charge in [0.25, 0.3) is 0 Å². The van der Waals surface area contributed by atoms with Crippen LogP contribution < -0.4 is 0 Å². The van der Waals surface area contributed by atoms with Gasteiger partial charge in [0.15, 0.2) is 12.1 Å². The predicted molar refractivity (Wildman–Crippen MR) is 238 cm³/mol. The molecule has 1 N–H and O–H groups in total. The molecule has 0 aliphatic carbocycles. The maximum absolute atomic E-state index is 12.7. The lowest BCUT2D eigenvalue weighted by molar-refractivity contribution is -0.887. The van der Waals surface area contributed by atoms with Gasteiger partial charge in [-0.1, -0.05) is 148 Å². The number of likely N-dealkylation sites (N-methyl/N-ethyl adjacent to an activating group) is 1. The van der Waals surface area contributed by atoms with E-state index in [4.69, 9.17) is 14.2 Å². The molecule has 0 aromatic rings. The SMILES string of the molecule is CC/C=C/C=C/C=C/C=C/C=C/CCCC(=O)OCC(COCCC(C(=O)O)[N+](C)(C)C)OC(=O)CCCCCC/C=C/C/C=C/C/C=C/C/C=C/C/C=C/CC. The Hall–Kier alpha value is -4.27. The first-order valence-corrected chi connectivity index (χ1v) is 21.1. The van der Waals surface area contributed by atoms with Crippen molar-refractivity contribution in [3.8, 4) is 0 Å². The van der Waals surface area contributed by atoms with Crippen LogP contribution in [0.15, 0.2) is 122 Å². The van der Waals surface area contributed by atoms with Gasteiger partial charge in [-0.15, -0.1) is 0 Å². The van der Waals surface area contributed by atoms with E-state index in [9.17, 15) is 19.5 Å². The van der Waals surface area contributed by atoms with Crippen LogP contribution in [0.3, 0.4) is 0 Å². The molecule has 0 spiro atoms. The van der Waals surface area contributed by atoms with Crippen LogP contribution in [0.2, 0.25) is 0 Å². The number of carboxylic acids is 1. The topological polar surface area (TPSA) is 99.1 Å². The van der Waals surface area contributed by atoms with E-state index in [0.717, 1.165) is 70.6 Å². The molecule has 318 valence electrons. The number of esters is 2. The van der Waals surface area contributed by atoms with Crippen LogP contribution in [0.25, 0.3) is 0 Å². The summed E-state index contributed by atoms with van der Waals surface area (Å²) in [6.45, 7) is 4.33. The molecule has 0 amide bonds. The zero-order valence-corrected chi connectivity index (χ0v) is 36.0. The largest absolute Gasteiger partial charge is 0.477 e. The molecule has 0 fully saturated rings. The van der Waals surface area contributed by atoms with Crippen LogP contribution >= 0.6 is 0 Å². The number of hydrogen-bond acceptors (Lipinski definition) is 6. The number of carbonyl (C=O) groups excluding carboxylic acids is 2. The third kappa shape index (κ3) is 37.1. The van der Waals surface area contributed by atoms with Gasteiger partial charge in [-0.25, -0.2) is 4.79 Å². The molecule has 0 aliphatic heterocycles. The Morgan fingerprint density at radius 1 is 0.544 bits per heavy atom. The third-order valence-corrected chi connectivity index (χ3v) is 8.48. The Morgan fingerprint density at radius 3 is 1.60 bits per heavy atom. The number of ether oxygens (including phenoxy) is 3. The van der Waals surface area contributed by atoms with Gasteiger partial charge >= 0.3 is 17.9 Å². The highest BCUT2D eigenvalue weighted by atomic mass is 16.6. The van der Waals surface area contributed by atoms with Crippen molar-refractivity contribution in [3.63, 3.8) is 0 Å². The molecule has 0 saturated carbocycles. The molecule has 0 saturated heterocycles. The molecular weight excluding hydrogens is 715 g/mol. The average Bonchev–Trinajstić information content (AvgIpc) is 3.17. The van der Waals surface area contributed by atoms with Crippen molar-refractivity contribution in [1.82, 2.24) is 0 Å². The maximum Gasteiger partial charge on any atom is 0.362 e. The Kier molecular flexibility index (Phi) is 35.7. The zero-order valence-electron chi connectivity index (χ0n) is 36.0. The standard InChI is InChI=1S/C49H75NO7/c1-6-8-10-12-14-16-18-20-21-22-23-24-25-26-28-30-32-34-36-38-40-48(52)57-45(43-55-42-41-46(49(53)54)50(3,4)5)44-56-47(51)39-37-35-33-31-29-27-19-17-15-13-11-9-7-2/h8-11,13-17,19-21,23-24,26-29,31,33,45-46H,6-7,12,18,22,25,30,32,34-44H2,1-5H3/p+1/b10-8+,11-9+,15-13+,16-14+,19-17+,21-20+,24-23+,28-26+,29-27+,33-31+. The summed E-state index contributed by atoms with van der Waals surface area (Å²) >= 11 is 0. The minimum atomic E-state index is -0.896. The molecule has 8 nitrogen and oxygen atoms in total.